The van der Waals surface area contributed by atoms with Crippen molar-refractivity contribution in [2.24, 2.45) is 7.05 Å². The minimum absolute atomic E-state index is 0.115. The van der Waals surface area contributed by atoms with Gasteiger partial charge in [0, 0.05) is 63.1 Å². The summed E-state index contributed by atoms with van der Waals surface area (Å²) in [5.41, 5.74) is 1.11. The Balaban J connectivity index is 1.35. The molecular formula is C18H21N7O. The average molecular weight is 351 g/mol. The molecule has 26 heavy (non-hydrogen) atoms. The van der Waals surface area contributed by atoms with Gasteiger partial charge < -0.3 is 9.47 Å². The van der Waals surface area contributed by atoms with Gasteiger partial charge in [0.2, 0.25) is 0 Å². The second-order valence-electron chi connectivity index (χ2n) is 6.51. The second kappa shape index (κ2) is 6.99. The van der Waals surface area contributed by atoms with E-state index < -0.39 is 0 Å². The summed E-state index contributed by atoms with van der Waals surface area (Å²) >= 11 is 0. The van der Waals surface area contributed by atoms with E-state index in [0.29, 0.717) is 18.9 Å². The first-order valence-electron chi connectivity index (χ1n) is 8.64. The van der Waals surface area contributed by atoms with Crippen molar-refractivity contribution < 1.29 is 4.79 Å². The lowest BCUT2D eigenvalue weighted by Crippen LogP contribution is -2.33. The number of aryl methyl sites for hydroxylation is 1. The van der Waals surface area contributed by atoms with Crippen LogP contribution in [0.25, 0.3) is 0 Å². The summed E-state index contributed by atoms with van der Waals surface area (Å²) in [4.78, 5) is 22.7. The van der Waals surface area contributed by atoms with Crippen molar-refractivity contribution in [2.75, 3.05) is 18.4 Å². The van der Waals surface area contributed by atoms with E-state index in [1.54, 1.807) is 23.3 Å². The first kappa shape index (κ1) is 16.3. The Morgan fingerprint density at radius 3 is 2.85 bits per heavy atom. The predicted octanol–water partition coefficient (Wildman–Crippen LogP) is 2.08. The lowest BCUT2D eigenvalue weighted by Gasteiger charge is -2.16. The first-order valence-corrected chi connectivity index (χ1v) is 8.64. The summed E-state index contributed by atoms with van der Waals surface area (Å²) in [6.07, 6.45) is 10.0. The summed E-state index contributed by atoms with van der Waals surface area (Å²) in [6, 6.07) is 5.59. The molecule has 3 aromatic rings. The number of urea groups is 1. The van der Waals surface area contributed by atoms with Crippen molar-refractivity contribution in [2.45, 2.75) is 18.9 Å². The van der Waals surface area contributed by atoms with E-state index in [1.807, 2.05) is 47.1 Å². The number of carbonyl (C=O) groups excluding carboxylic acids is 1. The molecule has 8 heteroatoms. The number of nitrogens with zero attached hydrogens (tertiary/aromatic N) is 6. The van der Waals surface area contributed by atoms with Crippen molar-refractivity contribution in [3.8, 4) is 0 Å². The van der Waals surface area contributed by atoms with Gasteiger partial charge in [0.15, 0.2) is 5.82 Å². The lowest BCUT2D eigenvalue weighted by atomic mass is 10.1. The third-order valence-corrected chi connectivity index (χ3v) is 4.67. The van der Waals surface area contributed by atoms with Crippen molar-refractivity contribution in [3.63, 3.8) is 0 Å². The molecule has 3 aromatic heterocycles. The van der Waals surface area contributed by atoms with Crippen LogP contribution in [0.2, 0.25) is 0 Å². The molecule has 2 amide bonds. The molecule has 1 aliphatic heterocycles. The molecule has 0 aliphatic carbocycles. The van der Waals surface area contributed by atoms with Crippen molar-refractivity contribution >= 4 is 11.8 Å². The molecule has 1 atom stereocenters. The van der Waals surface area contributed by atoms with Crippen LogP contribution >= 0.6 is 0 Å². The fourth-order valence-electron chi connectivity index (χ4n) is 3.31. The topological polar surface area (TPSA) is 80.9 Å². The average Bonchev–Trinajstić information content (AvgIpc) is 3.37. The smallest absolute Gasteiger partial charge is 0.323 e. The summed E-state index contributed by atoms with van der Waals surface area (Å²) in [5.74, 6) is 1.87. The molecule has 1 N–H and O–H groups in total. The Bertz CT molecular complexity index is 886. The van der Waals surface area contributed by atoms with Crippen LogP contribution in [0, 0.1) is 0 Å². The molecule has 8 nitrogen and oxygen atoms in total. The normalized spacial score (nSPS) is 16.8. The van der Waals surface area contributed by atoms with E-state index in [9.17, 15) is 4.79 Å². The van der Waals surface area contributed by atoms with Gasteiger partial charge in [-0.25, -0.2) is 9.78 Å². The Labute approximate surface area is 151 Å². The largest absolute Gasteiger partial charge is 0.338 e. The Morgan fingerprint density at radius 2 is 2.08 bits per heavy atom. The van der Waals surface area contributed by atoms with Gasteiger partial charge in [-0.1, -0.05) is 0 Å². The number of aromatic nitrogens is 5. The van der Waals surface area contributed by atoms with Gasteiger partial charge in [0.05, 0.1) is 6.54 Å². The van der Waals surface area contributed by atoms with Crippen molar-refractivity contribution in [3.05, 3.63) is 60.6 Å². The van der Waals surface area contributed by atoms with Gasteiger partial charge in [-0.3, -0.25) is 15.0 Å². The summed E-state index contributed by atoms with van der Waals surface area (Å²) in [5, 5.41) is 7.31. The molecule has 4 heterocycles. The third-order valence-electron chi connectivity index (χ3n) is 4.67. The van der Waals surface area contributed by atoms with Gasteiger partial charge in [-0.15, -0.1) is 0 Å². The van der Waals surface area contributed by atoms with Gasteiger partial charge in [0.1, 0.15) is 5.82 Å². The van der Waals surface area contributed by atoms with Gasteiger partial charge >= 0.3 is 6.03 Å². The summed E-state index contributed by atoms with van der Waals surface area (Å²) in [6.45, 7) is 2.04. The number of rotatable bonds is 4. The summed E-state index contributed by atoms with van der Waals surface area (Å²) < 4.78 is 3.82. The Hall–Kier alpha value is -3.16. The van der Waals surface area contributed by atoms with E-state index in [4.69, 9.17) is 0 Å². The number of hydrogen-bond acceptors (Lipinski definition) is 4. The molecule has 1 saturated heterocycles. The molecule has 0 spiro atoms. The van der Waals surface area contributed by atoms with E-state index in [0.717, 1.165) is 24.4 Å². The minimum Gasteiger partial charge on any atom is -0.338 e. The highest BCUT2D eigenvalue weighted by molar-refractivity contribution is 5.88. The van der Waals surface area contributed by atoms with Crippen LogP contribution in [0.5, 0.6) is 0 Å². The monoisotopic (exact) mass is 351 g/mol. The molecule has 1 unspecified atom stereocenters. The van der Waals surface area contributed by atoms with Gasteiger partial charge in [-0.2, -0.15) is 5.10 Å². The zero-order valence-corrected chi connectivity index (χ0v) is 14.6. The third kappa shape index (κ3) is 3.44. The van der Waals surface area contributed by atoms with Crippen LogP contribution in [-0.2, 0) is 13.6 Å². The van der Waals surface area contributed by atoms with Crippen LogP contribution in [0.3, 0.4) is 0 Å². The van der Waals surface area contributed by atoms with Crippen LogP contribution in [-0.4, -0.2) is 48.3 Å². The van der Waals surface area contributed by atoms with E-state index in [-0.39, 0.29) is 11.9 Å². The lowest BCUT2D eigenvalue weighted by molar-refractivity contribution is 0.221. The molecule has 134 valence electrons. The Kier molecular flexibility index (Phi) is 4.39. The first-order chi connectivity index (χ1) is 12.7. The number of pyridine rings is 1. The van der Waals surface area contributed by atoms with Gasteiger partial charge in [-0.05, 0) is 24.1 Å². The number of amides is 2. The number of imidazole rings is 1. The van der Waals surface area contributed by atoms with Gasteiger partial charge in [0.25, 0.3) is 0 Å². The number of nitrogens with one attached hydrogen (secondary N) is 1. The molecule has 0 aromatic carbocycles. The maximum atomic E-state index is 12.5. The van der Waals surface area contributed by atoms with Crippen molar-refractivity contribution in [1.29, 1.82) is 0 Å². The van der Waals surface area contributed by atoms with Crippen molar-refractivity contribution in [1.82, 2.24) is 29.2 Å². The van der Waals surface area contributed by atoms with E-state index >= 15 is 0 Å². The molecule has 0 bridgehead atoms. The number of hydrogen-bond donors (Lipinski definition) is 1. The molecule has 4 rings (SSSR count). The fraction of sp³-hybridized carbons (Fsp3) is 0.333. The minimum atomic E-state index is -0.115. The number of carbonyl (C=O) groups is 1. The van der Waals surface area contributed by atoms with Crippen LogP contribution in [0.1, 0.15) is 23.7 Å². The molecule has 1 fully saturated rings. The molecule has 0 saturated carbocycles. The molecule has 0 radical (unpaired) electrons. The highest BCUT2D eigenvalue weighted by atomic mass is 16.2. The van der Waals surface area contributed by atoms with E-state index in [2.05, 4.69) is 20.4 Å². The van der Waals surface area contributed by atoms with Crippen LogP contribution in [0.15, 0.2) is 49.2 Å². The Morgan fingerprint density at radius 1 is 1.23 bits per heavy atom. The second-order valence-corrected chi connectivity index (χ2v) is 6.51. The highest BCUT2D eigenvalue weighted by Gasteiger charge is 2.29. The van der Waals surface area contributed by atoms with Crippen LogP contribution < -0.4 is 5.32 Å². The quantitative estimate of drug-likeness (QED) is 0.780. The molecular weight excluding hydrogens is 330 g/mol. The molecule has 1 aliphatic rings. The predicted molar refractivity (Wildman–Crippen MR) is 96.7 cm³/mol. The zero-order chi connectivity index (χ0) is 17.9. The standard InChI is InChI=1S/C18H21N7O/c1-23-11-8-20-17(23)15-4-9-24(13-15)18(26)21-16-5-10-25(22-16)12-14-2-6-19-7-3-14/h2-3,5-8,10-11,15H,4,9,12-13H2,1H3,(H,21,22,26). The maximum Gasteiger partial charge on any atom is 0.323 e. The number of anilines is 1. The highest BCUT2D eigenvalue weighted by Crippen LogP contribution is 2.26. The summed E-state index contributed by atoms with van der Waals surface area (Å²) in [7, 11) is 1.99. The fourth-order valence-corrected chi connectivity index (χ4v) is 3.31. The maximum absolute atomic E-state index is 12.5. The SMILES string of the molecule is Cn1ccnc1C1CCN(C(=O)Nc2ccn(Cc3ccncc3)n2)C1. The number of likely N-dealkylation sites (tertiary alicyclic amines) is 1. The van der Waals surface area contributed by atoms with E-state index in [1.165, 1.54) is 0 Å². The van der Waals surface area contributed by atoms with Crippen LogP contribution in [0.4, 0.5) is 10.6 Å². The zero-order valence-electron chi connectivity index (χ0n) is 14.6.